The molecular weight excluding hydrogens is 300 g/mol. The molecule has 0 bridgehead atoms. The number of alkyl halides is 1. The van der Waals surface area contributed by atoms with Crippen molar-refractivity contribution in [1.29, 1.82) is 0 Å². The van der Waals surface area contributed by atoms with Crippen molar-refractivity contribution in [2.75, 3.05) is 5.32 Å². The molecule has 0 aromatic heterocycles. The SMILES string of the molecule is O=C1Nc2ccccc2C1(F)Cc1ccc(Cl)cc1Cl. The average Bonchev–Trinajstić information content (AvgIpc) is 2.66. The van der Waals surface area contributed by atoms with Gasteiger partial charge >= 0.3 is 0 Å². The summed E-state index contributed by atoms with van der Waals surface area (Å²) in [5.41, 5.74) is -0.708. The maximum atomic E-state index is 15.2. The fraction of sp³-hybridized carbons (Fsp3) is 0.133. The second-order valence-corrected chi connectivity index (χ2v) is 5.56. The minimum Gasteiger partial charge on any atom is -0.323 e. The van der Waals surface area contributed by atoms with E-state index in [-0.39, 0.29) is 6.42 Å². The van der Waals surface area contributed by atoms with Gasteiger partial charge < -0.3 is 5.32 Å². The lowest BCUT2D eigenvalue weighted by molar-refractivity contribution is -0.126. The molecular formula is C15H10Cl2FNO. The molecule has 2 aromatic carbocycles. The number of hydrogen-bond donors (Lipinski definition) is 1. The predicted octanol–water partition coefficient (Wildman–Crippen LogP) is 4.35. The summed E-state index contributed by atoms with van der Waals surface area (Å²) in [5, 5.41) is 3.38. The lowest BCUT2D eigenvalue weighted by atomic mass is 9.90. The van der Waals surface area contributed by atoms with Gasteiger partial charge in [-0.2, -0.15) is 0 Å². The van der Waals surface area contributed by atoms with Crippen molar-refractivity contribution < 1.29 is 9.18 Å². The predicted molar refractivity (Wildman–Crippen MR) is 78.0 cm³/mol. The standard InChI is InChI=1S/C15H10Cl2FNO/c16-10-6-5-9(12(17)7-10)8-15(18)11-3-1-2-4-13(11)19-14(15)20/h1-7H,8H2,(H,19,20). The summed E-state index contributed by atoms with van der Waals surface area (Å²) in [6, 6.07) is 11.6. The van der Waals surface area contributed by atoms with Crippen LogP contribution in [-0.2, 0) is 16.9 Å². The van der Waals surface area contributed by atoms with Crippen LogP contribution in [0.15, 0.2) is 42.5 Å². The summed E-state index contributed by atoms with van der Waals surface area (Å²) in [4.78, 5) is 12.0. The molecule has 20 heavy (non-hydrogen) atoms. The van der Waals surface area contributed by atoms with Crippen LogP contribution in [0, 0.1) is 0 Å². The third-order valence-corrected chi connectivity index (χ3v) is 4.00. The highest BCUT2D eigenvalue weighted by atomic mass is 35.5. The number of hydrogen-bond acceptors (Lipinski definition) is 1. The zero-order chi connectivity index (χ0) is 14.3. The van der Waals surface area contributed by atoms with Gasteiger partial charge in [-0.15, -0.1) is 0 Å². The summed E-state index contributed by atoms with van der Waals surface area (Å²) < 4.78 is 15.2. The lowest BCUT2D eigenvalue weighted by Gasteiger charge is -2.18. The minimum absolute atomic E-state index is 0.119. The van der Waals surface area contributed by atoms with Crippen molar-refractivity contribution in [2.24, 2.45) is 0 Å². The number of amides is 1. The number of carbonyl (C=O) groups excluding carboxylic acids is 1. The van der Waals surface area contributed by atoms with Gasteiger partial charge in [-0.1, -0.05) is 47.5 Å². The van der Waals surface area contributed by atoms with Crippen LogP contribution in [0.2, 0.25) is 10.0 Å². The van der Waals surface area contributed by atoms with E-state index in [1.165, 1.54) is 0 Å². The summed E-state index contributed by atoms with van der Waals surface area (Å²) >= 11 is 11.9. The molecule has 5 heteroatoms. The molecule has 0 spiro atoms. The van der Waals surface area contributed by atoms with Crippen LogP contribution in [0.25, 0.3) is 0 Å². The van der Waals surface area contributed by atoms with Gasteiger partial charge in [-0.25, -0.2) is 4.39 Å². The number of halogens is 3. The van der Waals surface area contributed by atoms with Gasteiger partial charge in [0, 0.05) is 27.7 Å². The molecule has 3 rings (SSSR count). The molecule has 0 saturated heterocycles. The van der Waals surface area contributed by atoms with Crippen LogP contribution in [0.3, 0.4) is 0 Å². The minimum atomic E-state index is -2.10. The van der Waals surface area contributed by atoms with Crippen molar-refractivity contribution in [3.05, 3.63) is 63.6 Å². The average molecular weight is 310 g/mol. The van der Waals surface area contributed by atoms with Crippen molar-refractivity contribution in [1.82, 2.24) is 0 Å². The molecule has 0 saturated carbocycles. The van der Waals surface area contributed by atoms with E-state index >= 15 is 4.39 Å². The fourth-order valence-corrected chi connectivity index (χ4v) is 2.86. The van der Waals surface area contributed by atoms with Gasteiger partial charge in [-0.3, -0.25) is 4.79 Å². The number of benzene rings is 2. The Labute approximate surface area is 125 Å². The van der Waals surface area contributed by atoms with Crippen LogP contribution < -0.4 is 5.32 Å². The maximum absolute atomic E-state index is 15.2. The van der Waals surface area contributed by atoms with E-state index in [0.29, 0.717) is 26.9 Å². The number of para-hydroxylation sites is 1. The molecule has 1 heterocycles. The molecule has 2 aromatic rings. The molecule has 1 aliphatic rings. The Morgan fingerprint density at radius 3 is 2.65 bits per heavy atom. The third-order valence-electron chi connectivity index (χ3n) is 3.41. The second kappa shape index (κ2) is 4.76. The molecule has 102 valence electrons. The molecule has 0 fully saturated rings. The zero-order valence-electron chi connectivity index (χ0n) is 10.3. The summed E-state index contributed by atoms with van der Waals surface area (Å²) in [5.74, 6) is -0.662. The van der Waals surface area contributed by atoms with E-state index in [1.807, 2.05) is 0 Å². The van der Waals surface area contributed by atoms with E-state index in [2.05, 4.69) is 5.32 Å². The maximum Gasteiger partial charge on any atom is 0.267 e. The first kappa shape index (κ1) is 13.4. The largest absolute Gasteiger partial charge is 0.323 e. The molecule has 1 N–H and O–H groups in total. The fourth-order valence-electron chi connectivity index (χ4n) is 2.38. The van der Waals surface area contributed by atoms with E-state index in [0.717, 1.165) is 0 Å². The molecule has 0 aliphatic carbocycles. The first-order valence-electron chi connectivity index (χ1n) is 6.04. The Balaban J connectivity index is 2.03. The van der Waals surface area contributed by atoms with Crippen molar-refractivity contribution in [2.45, 2.75) is 12.1 Å². The first-order chi connectivity index (χ1) is 9.50. The Kier molecular flexibility index (Phi) is 3.19. The molecule has 0 radical (unpaired) electrons. The summed E-state index contributed by atoms with van der Waals surface area (Å²) in [6.45, 7) is 0. The Morgan fingerprint density at radius 2 is 1.90 bits per heavy atom. The first-order valence-corrected chi connectivity index (χ1v) is 6.80. The number of fused-ring (bicyclic) bond motifs is 1. The van der Waals surface area contributed by atoms with Crippen LogP contribution in [0.1, 0.15) is 11.1 Å². The van der Waals surface area contributed by atoms with Crippen LogP contribution in [0.4, 0.5) is 10.1 Å². The number of anilines is 1. The molecule has 1 amide bonds. The Hall–Kier alpha value is -1.58. The van der Waals surface area contributed by atoms with E-state index in [9.17, 15) is 4.79 Å². The molecule has 2 nitrogen and oxygen atoms in total. The highest BCUT2D eigenvalue weighted by Crippen LogP contribution is 2.42. The van der Waals surface area contributed by atoms with Crippen molar-refractivity contribution in [3.63, 3.8) is 0 Å². The monoisotopic (exact) mass is 309 g/mol. The van der Waals surface area contributed by atoms with Gasteiger partial charge in [0.05, 0.1) is 0 Å². The number of nitrogens with one attached hydrogen (secondary N) is 1. The highest BCUT2D eigenvalue weighted by molar-refractivity contribution is 6.35. The quantitative estimate of drug-likeness (QED) is 0.877. The zero-order valence-corrected chi connectivity index (χ0v) is 11.8. The van der Waals surface area contributed by atoms with Crippen LogP contribution >= 0.6 is 23.2 Å². The highest BCUT2D eigenvalue weighted by Gasteiger charge is 2.47. The van der Waals surface area contributed by atoms with Gasteiger partial charge in [-0.05, 0) is 23.8 Å². The van der Waals surface area contributed by atoms with E-state index < -0.39 is 11.6 Å². The molecule has 1 aliphatic heterocycles. The lowest BCUT2D eigenvalue weighted by Crippen LogP contribution is -2.32. The Bertz CT molecular complexity index is 704. The number of carbonyl (C=O) groups is 1. The van der Waals surface area contributed by atoms with E-state index in [4.69, 9.17) is 23.2 Å². The van der Waals surface area contributed by atoms with Gasteiger partial charge in [0.2, 0.25) is 5.67 Å². The van der Waals surface area contributed by atoms with Crippen molar-refractivity contribution >= 4 is 34.8 Å². The van der Waals surface area contributed by atoms with Gasteiger partial charge in [0.1, 0.15) is 0 Å². The van der Waals surface area contributed by atoms with Gasteiger partial charge in [0.25, 0.3) is 5.91 Å². The van der Waals surface area contributed by atoms with Crippen molar-refractivity contribution in [3.8, 4) is 0 Å². The Morgan fingerprint density at radius 1 is 1.15 bits per heavy atom. The summed E-state index contributed by atoms with van der Waals surface area (Å²) in [6.07, 6.45) is -0.119. The molecule has 1 unspecified atom stereocenters. The summed E-state index contributed by atoms with van der Waals surface area (Å²) in [7, 11) is 0. The second-order valence-electron chi connectivity index (χ2n) is 4.71. The molecule has 1 atom stereocenters. The van der Waals surface area contributed by atoms with Gasteiger partial charge in [0.15, 0.2) is 0 Å². The number of rotatable bonds is 2. The van der Waals surface area contributed by atoms with Crippen LogP contribution in [-0.4, -0.2) is 5.91 Å². The normalized spacial score (nSPS) is 20.6. The van der Waals surface area contributed by atoms with Crippen LogP contribution in [0.5, 0.6) is 0 Å². The smallest absolute Gasteiger partial charge is 0.267 e. The topological polar surface area (TPSA) is 29.1 Å². The third kappa shape index (κ3) is 2.07. The van der Waals surface area contributed by atoms with E-state index in [1.54, 1.807) is 42.5 Å².